The molecule has 0 unspecified atom stereocenters. The van der Waals surface area contributed by atoms with Gasteiger partial charge in [-0.1, -0.05) is 24.3 Å². The van der Waals surface area contributed by atoms with Crippen LogP contribution < -0.4 is 9.47 Å². The zero-order valence-corrected chi connectivity index (χ0v) is 18.9. The predicted molar refractivity (Wildman–Crippen MR) is 124 cm³/mol. The Morgan fingerprint density at radius 1 is 0.909 bits per heavy atom. The van der Waals surface area contributed by atoms with Gasteiger partial charge in [-0.2, -0.15) is 0 Å². The van der Waals surface area contributed by atoms with Crippen LogP contribution in [0.4, 0.5) is 0 Å². The lowest BCUT2D eigenvalue weighted by atomic mass is 9.73. The van der Waals surface area contributed by atoms with Crippen LogP contribution in [0.25, 0.3) is 0 Å². The highest BCUT2D eigenvalue weighted by atomic mass is 16.7. The van der Waals surface area contributed by atoms with E-state index < -0.39 is 0 Å². The molecule has 3 aliphatic heterocycles. The van der Waals surface area contributed by atoms with Gasteiger partial charge >= 0.3 is 0 Å². The van der Waals surface area contributed by atoms with Crippen molar-refractivity contribution >= 4 is 11.8 Å². The fourth-order valence-electron chi connectivity index (χ4n) is 6.34. The Balaban J connectivity index is 1.17. The van der Waals surface area contributed by atoms with E-state index in [1.54, 1.807) is 6.07 Å². The quantitative estimate of drug-likeness (QED) is 0.713. The van der Waals surface area contributed by atoms with Gasteiger partial charge < -0.3 is 19.3 Å². The van der Waals surface area contributed by atoms with E-state index in [4.69, 9.17) is 9.47 Å². The molecule has 1 spiro atoms. The van der Waals surface area contributed by atoms with Gasteiger partial charge in [0.05, 0.1) is 0 Å². The summed E-state index contributed by atoms with van der Waals surface area (Å²) in [5.74, 6) is 1.98. The Morgan fingerprint density at radius 2 is 1.67 bits per heavy atom. The number of hydrogen-bond donors (Lipinski definition) is 0. The van der Waals surface area contributed by atoms with Crippen molar-refractivity contribution in [3.8, 4) is 11.5 Å². The van der Waals surface area contributed by atoms with Gasteiger partial charge in [-0.25, -0.2) is 0 Å². The molecule has 1 aliphatic carbocycles. The molecule has 2 aromatic carbocycles. The van der Waals surface area contributed by atoms with Crippen molar-refractivity contribution in [2.24, 2.45) is 0 Å². The van der Waals surface area contributed by atoms with Crippen LogP contribution in [0.2, 0.25) is 0 Å². The van der Waals surface area contributed by atoms with E-state index in [1.165, 1.54) is 11.1 Å². The molecule has 0 saturated carbocycles. The first-order valence-corrected chi connectivity index (χ1v) is 12.2. The van der Waals surface area contributed by atoms with E-state index in [1.807, 2.05) is 21.9 Å². The van der Waals surface area contributed by atoms with Crippen LogP contribution in [0.15, 0.2) is 42.5 Å². The minimum atomic E-state index is 0.0511. The normalized spacial score (nSPS) is 22.6. The lowest BCUT2D eigenvalue weighted by Gasteiger charge is -2.40. The Labute approximate surface area is 194 Å². The van der Waals surface area contributed by atoms with Crippen LogP contribution in [0.1, 0.15) is 65.9 Å². The van der Waals surface area contributed by atoms with Crippen molar-refractivity contribution in [1.82, 2.24) is 9.80 Å². The summed E-state index contributed by atoms with van der Waals surface area (Å²) in [6.07, 6.45) is 5.76. The number of amides is 2. The summed E-state index contributed by atoms with van der Waals surface area (Å²) in [6, 6.07) is 14.1. The molecule has 6 rings (SSSR count). The summed E-state index contributed by atoms with van der Waals surface area (Å²) < 4.78 is 10.8. The summed E-state index contributed by atoms with van der Waals surface area (Å²) in [4.78, 5) is 30.1. The molecule has 6 nitrogen and oxygen atoms in total. The van der Waals surface area contributed by atoms with Crippen molar-refractivity contribution in [2.75, 3.05) is 33.0 Å². The number of carbonyl (C=O) groups excluding carboxylic acids is 2. The van der Waals surface area contributed by atoms with Gasteiger partial charge in [0, 0.05) is 38.2 Å². The number of hydrogen-bond acceptors (Lipinski definition) is 4. The number of carbonyl (C=O) groups is 2. The average molecular weight is 447 g/mol. The van der Waals surface area contributed by atoms with E-state index in [9.17, 15) is 9.59 Å². The monoisotopic (exact) mass is 446 g/mol. The van der Waals surface area contributed by atoms with Crippen LogP contribution in [-0.4, -0.2) is 54.6 Å². The van der Waals surface area contributed by atoms with E-state index in [-0.39, 0.29) is 24.0 Å². The Morgan fingerprint density at radius 3 is 2.48 bits per heavy atom. The first-order chi connectivity index (χ1) is 16.1. The van der Waals surface area contributed by atoms with Crippen LogP contribution in [-0.2, 0) is 10.2 Å². The number of rotatable bonds is 3. The highest BCUT2D eigenvalue weighted by Crippen LogP contribution is 2.53. The van der Waals surface area contributed by atoms with Crippen molar-refractivity contribution in [1.29, 1.82) is 0 Å². The number of fused-ring (bicyclic) bond motifs is 3. The number of nitrogens with zero attached hydrogens (tertiary/aromatic N) is 2. The van der Waals surface area contributed by atoms with Crippen LogP contribution >= 0.6 is 0 Å². The molecular weight excluding hydrogens is 416 g/mol. The summed E-state index contributed by atoms with van der Waals surface area (Å²) in [6.45, 7) is 3.49. The van der Waals surface area contributed by atoms with Gasteiger partial charge in [0.15, 0.2) is 11.5 Å². The van der Waals surface area contributed by atoms with Gasteiger partial charge in [0.1, 0.15) is 0 Å². The van der Waals surface area contributed by atoms with Crippen molar-refractivity contribution in [3.05, 3.63) is 59.2 Å². The Bertz CT molecular complexity index is 1080. The molecule has 3 heterocycles. The van der Waals surface area contributed by atoms with Gasteiger partial charge in [-0.05, 0) is 72.8 Å². The maximum absolute atomic E-state index is 13.2. The first-order valence-electron chi connectivity index (χ1n) is 12.2. The Hall–Kier alpha value is -3.02. The van der Waals surface area contributed by atoms with E-state index in [0.29, 0.717) is 29.4 Å². The summed E-state index contributed by atoms with van der Waals surface area (Å²) in [5.41, 5.74) is 3.47. The van der Waals surface area contributed by atoms with Gasteiger partial charge in [-0.3, -0.25) is 9.59 Å². The molecule has 2 amide bonds. The zero-order valence-electron chi connectivity index (χ0n) is 18.9. The molecule has 4 aliphatic rings. The molecule has 6 heteroatoms. The van der Waals surface area contributed by atoms with Crippen molar-refractivity contribution in [2.45, 2.75) is 49.9 Å². The maximum Gasteiger partial charge on any atom is 0.253 e. The summed E-state index contributed by atoms with van der Waals surface area (Å²) >= 11 is 0. The van der Waals surface area contributed by atoms with Gasteiger partial charge in [-0.15, -0.1) is 0 Å². The molecule has 0 N–H and O–H groups in total. The van der Waals surface area contributed by atoms with Gasteiger partial charge in [0.2, 0.25) is 12.7 Å². The minimum Gasteiger partial charge on any atom is -0.454 e. The summed E-state index contributed by atoms with van der Waals surface area (Å²) in [5, 5.41) is 0. The fourth-order valence-corrected chi connectivity index (χ4v) is 6.34. The minimum absolute atomic E-state index is 0.0511. The molecule has 2 saturated heterocycles. The second-order valence-corrected chi connectivity index (χ2v) is 9.92. The van der Waals surface area contributed by atoms with Crippen molar-refractivity contribution in [3.63, 3.8) is 0 Å². The van der Waals surface area contributed by atoms with Crippen LogP contribution in [0, 0.1) is 0 Å². The largest absolute Gasteiger partial charge is 0.454 e. The first kappa shape index (κ1) is 20.6. The molecule has 2 aromatic rings. The second kappa shape index (κ2) is 8.08. The molecule has 0 bridgehead atoms. The SMILES string of the molecule is O=C(C[C@@H]1CC2(CCN(C(=O)c3ccc4c(c3)OCO4)CC2)c2ccccc21)N1CCCC1. The lowest BCUT2D eigenvalue weighted by Crippen LogP contribution is -2.44. The third-order valence-electron chi connectivity index (χ3n) is 8.12. The lowest BCUT2D eigenvalue weighted by molar-refractivity contribution is -0.130. The highest BCUT2D eigenvalue weighted by Gasteiger charge is 2.46. The van der Waals surface area contributed by atoms with Crippen molar-refractivity contribution < 1.29 is 19.1 Å². The highest BCUT2D eigenvalue weighted by molar-refractivity contribution is 5.95. The number of benzene rings is 2. The summed E-state index contributed by atoms with van der Waals surface area (Å²) in [7, 11) is 0. The molecule has 172 valence electrons. The number of piperidine rings is 1. The molecule has 0 radical (unpaired) electrons. The van der Waals surface area contributed by atoms with E-state index >= 15 is 0 Å². The maximum atomic E-state index is 13.2. The van der Waals surface area contributed by atoms with E-state index in [0.717, 1.165) is 58.3 Å². The molecular formula is C27H30N2O4. The number of ether oxygens (including phenoxy) is 2. The van der Waals surface area contributed by atoms with Crippen LogP contribution in [0.3, 0.4) is 0 Å². The standard InChI is InChI=1S/C27H30N2O4/c30-25(28-11-3-4-12-28)16-20-17-27(22-6-2-1-5-21(20)22)9-13-29(14-10-27)26(31)19-7-8-23-24(15-19)33-18-32-23/h1-2,5-8,15,20H,3-4,9-14,16-18H2/t20-/m1/s1. The predicted octanol–water partition coefficient (Wildman–Crippen LogP) is 4.09. The Kier molecular flexibility index (Phi) is 5.04. The van der Waals surface area contributed by atoms with E-state index in [2.05, 4.69) is 24.3 Å². The van der Waals surface area contributed by atoms with Crippen LogP contribution in [0.5, 0.6) is 11.5 Å². The molecule has 0 aromatic heterocycles. The zero-order chi connectivity index (χ0) is 22.4. The molecule has 1 atom stereocenters. The average Bonchev–Trinajstić information content (AvgIpc) is 3.60. The number of likely N-dealkylation sites (tertiary alicyclic amines) is 2. The topological polar surface area (TPSA) is 59.1 Å². The molecule has 33 heavy (non-hydrogen) atoms. The molecule has 2 fully saturated rings. The fraction of sp³-hybridized carbons (Fsp3) is 0.481. The smallest absolute Gasteiger partial charge is 0.253 e. The third kappa shape index (κ3) is 3.56. The van der Waals surface area contributed by atoms with Gasteiger partial charge in [0.25, 0.3) is 5.91 Å². The second-order valence-electron chi connectivity index (χ2n) is 9.92. The third-order valence-corrected chi connectivity index (χ3v) is 8.12.